The lowest BCUT2D eigenvalue weighted by Crippen LogP contribution is -2.44. The zero-order chi connectivity index (χ0) is 16.3. The average Bonchev–Trinajstić information content (AvgIpc) is 2.45. The van der Waals surface area contributed by atoms with E-state index in [-0.39, 0.29) is 23.9 Å². The Kier molecular flexibility index (Phi) is 5.13. The molecule has 1 atom stereocenters. The summed E-state index contributed by atoms with van der Waals surface area (Å²) in [5.41, 5.74) is -1.61. The smallest absolute Gasteiger partial charge is 0.223 e. The third-order valence-electron chi connectivity index (χ3n) is 4.21. The molecule has 22 heavy (non-hydrogen) atoms. The lowest BCUT2D eigenvalue weighted by atomic mass is 9.93. The van der Waals surface area contributed by atoms with Crippen LogP contribution in [0.25, 0.3) is 0 Å². The highest BCUT2D eigenvalue weighted by Crippen LogP contribution is 2.24. The quantitative estimate of drug-likeness (QED) is 0.888. The Bertz CT molecular complexity index is 541. The van der Waals surface area contributed by atoms with Crippen molar-refractivity contribution in [1.82, 2.24) is 10.2 Å². The molecule has 1 unspecified atom stereocenters. The molecule has 1 aliphatic rings. The van der Waals surface area contributed by atoms with Crippen LogP contribution in [0.2, 0.25) is 0 Å². The molecule has 2 rings (SSSR count). The summed E-state index contributed by atoms with van der Waals surface area (Å²) in [5.74, 6) is -1.73. The number of aliphatic hydroxyl groups is 1. The third-order valence-corrected chi connectivity index (χ3v) is 4.21. The molecule has 0 radical (unpaired) electrons. The summed E-state index contributed by atoms with van der Waals surface area (Å²) in [7, 11) is 2.01. The van der Waals surface area contributed by atoms with Gasteiger partial charge >= 0.3 is 0 Å². The van der Waals surface area contributed by atoms with Gasteiger partial charge in [0.05, 0.1) is 6.54 Å². The van der Waals surface area contributed by atoms with Crippen LogP contribution in [-0.4, -0.2) is 42.6 Å². The molecule has 2 N–H and O–H groups in total. The largest absolute Gasteiger partial charge is 0.383 e. The van der Waals surface area contributed by atoms with Gasteiger partial charge in [0.2, 0.25) is 5.91 Å². The molecule has 0 bridgehead atoms. The Balaban J connectivity index is 1.95. The molecule has 1 aromatic carbocycles. The molecular formula is C16H22F2N2O2. The van der Waals surface area contributed by atoms with Gasteiger partial charge in [0, 0.05) is 17.5 Å². The molecule has 0 saturated carbocycles. The molecule has 122 valence electrons. The minimum Gasteiger partial charge on any atom is -0.383 e. The summed E-state index contributed by atoms with van der Waals surface area (Å²) in [6.07, 6.45) is 1.55. The first-order valence-electron chi connectivity index (χ1n) is 7.44. The normalized spacial score (nSPS) is 19.7. The summed E-state index contributed by atoms with van der Waals surface area (Å²) >= 11 is 0. The van der Waals surface area contributed by atoms with Crippen molar-refractivity contribution >= 4 is 5.91 Å². The molecule has 1 aromatic rings. The van der Waals surface area contributed by atoms with Gasteiger partial charge in [0.25, 0.3) is 0 Å². The van der Waals surface area contributed by atoms with E-state index in [4.69, 9.17) is 0 Å². The summed E-state index contributed by atoms with van der Waals surface area (Å²) in [4.78, 5) is 14.3. The maximum atomic E-state index is 13.7. The minimum absolute atomic E-state index is 0.0300. The van der Waals surface area contributed by atoms with E-state index in [1.54, 1.807) is 0 Å². The van der Waals surface area contributed by atoms with Crippen molar-refractivity contribution in [3.8, 4) is 0 Å². The maximum absolute atomic E-state index is 13.7. The van der Waals surface area contributed by atoms with Gasteiger partial charge in [-0.3, -0.25) is 4.79 Å². The first kappa shape index (κ1) is 16.8. The lowest BCUT2D eigenvalue weighted by Gasteiger charge is -2.30. The summed E-state index contributed by atoms with van der Waals surface area (Å²) in [6.45, 7) is 3.01. The van der Waals surface area contributed by atoms with Crippen molar-refractivity contribution in [1.29, 1.82) is 0 Å². The molecule has 0 aromatic heterocycles. The summed E-state index contributed by atoms with van der Waals surface area (Å²) in [5, 5.41) is 13.0. The SMILES string of the molecule is CN1CCC(C(=O)NCC(C)(O)c2ccc(F)cc2F)CC1. The minimum atomic E-state index is -1.58. The van der Waals surface area contributed by atoms with Gasteiger partial charge in [0.15, 0.2) is 0 Å². The van der Waals surface area contributed by atoms with Gasteiger partial charge in [-0.25, -0.2) is 8.78 Å². The second-order valence-corrected chi connectivity index (χ2v) is 6.19. The number of rotatable bonds is 4. The average molecular weight is 312 g/mol. The molecule has 1 fully saturated rings. The standard InChI is InChI=1S/C16H22F2N2O2/c1-16(22,13-4-3-12(17)9-14(13)18)10-19-15(21)11-5-7-20(2)8-6-11/h3-4,9,11,22H,5-8,10H2,1-2H3,(H,19,21). The molecule has 1 heterocycles. The van der Waals surface area contributed by atoms with Gasteiger partial charge in [-0.05, 0) is 46.0 Å². The van der Waals surface area contributed by atoms with Crippen molar-refractivity contribution in [2.45, 2.75) is 25.4 Å². The predicted molar refractivity (Wildman–Crippen MR) is 79.2 cm³/mol. The first-order chi connectivity index (χ1) is 10.3. The van der Waals surface area contributed by atoms with Crippen LogP contribution < -0.4 is 5.32 Å². The van der Waals surface area contributed by atoms with Crippen LogP contribution in [0.5, 0.6) is 0 Å². The fraction of sp³-hybridized carbons (Fsp3) is 0.562. The van der Waals surface area contributed by atoms with Crippen molar-refractivity contribution in [3.63, 3.8) is 0 Å². The monoisotopic (exact) mass is 312 g/mol. The second-order valence-electron chi connectivity index (χ2n) is 6.19. The van der Waals surface area contributed by atoms with Gasteiger partial charge in [-0.15, -0.1) is 0 Å². The Hall–Kier alpha value is -1.53. The van der Waals surface area contributed by atoms with Crippen LogP contribution in [0.1, 0.15) is 25.3 Å². The molecule has 6 heteroatoms. The molecule has 0 spiro atoms. The highest BCUT2D eigenvalue weighted by molar-refractivity contribution is 5.78. The fourth-order valence-corrected chi connectivity index (χ4v) is 2.70. The number of nitrogens with zero attached hydrogens (tertiary/aromatic N) is 1. The highest BCUT2D eigenvalue weighted by atomic mass is 19.1. The van der Waals surface area contributed by atoms with E-state index in [9.17, 15) is 18.7 Å². The number of hydrogen-bond donors (Lipinski definition) is 2. The number of hydrogen-bond acceptors (Lipinski definition) is 3. The van der Waals surface area contributed by atoms with Crippen LogP contribution in [0.3, 0.4) is 0 Å². The van der Waals surface area contributed by atoms with E-state index in [1.165, 1.54) is 13.0 Å². The fourth-order valence-electron chi connectivity index (χ4n) is 2.70. The maximum Gasteiger partial charge on any atom is 0.223 e. The molecule has 4 nitrogen and oxygen atoms in total. The molecule has 1 saturated heterocycles. The van der Waals surface area contributed by atoms with E-state index < -0.39 is 17.2 Å². The Morgan fingerprint density at radius 2 is 2.05 bits per heavy atom. The van der Waals surface area contributed by atoms with E-state index in [1.807, 2.05) is 7.05 Å². The predicted octanol–water partition coefficient (Wildman–Crippen LogP) is 1.63. The lowest BCUT2D eigenvalue weighted by molar-refractivity contribution is -0.127. The Morgan fingerprint density at radius 3 is 2.64 bits per heavy atom. The highest BCUT2D eigenvalue weighted by Gasteiger charge is 2.29. The van der Waals surface area contributed by atoms with Crippen LogP contribution in [0.4, 0.5) is 8.78 Å². The third kappa shape index (κ3) is 4.01. The Morgan fingerprint density at radius 1 is 1.41 bits per heavy atom. The van der Waals surface area contributed by atoms with E-state index in [0.717, 1.165) is 38.1 Å². The van der Waals surface area contributed by atoms with Crippen molar-refractivity contribution in [3.05, 3.63) is 35.4 Å². The number of likely N-dealkylation sites (tertiary alicyclic amines) is 1. The molecule has 1 aliphatic heterocycles. The molecular weight excluding hydrogens is 290 g/mol. The zero-order valence-electron chi connectivity index (χ0n) is 12.9. The van der Waals surface area contributed by atoms with Gasteiger partial charge in [0.1, 0.15) is 17.2 Å². The van der Waals surface area contributed by atoms with Gasteiger partial charge in [-0.1, -0.05) is 6.07 Å². The second kappa shape index (κ2) is 6.71. The van der Waals surface area contributed by atoms with E-state index >= 15 is 0 Å². The summed E-state index contributed by atoms with van der Waals surface area (Å²) < 4.78 is 26.7. The number of halogens is 2. The number of piperidine rings is 1. The van der Waals surface area contributed by atoms with Crippen LogP contribution >= 0.6 is 0 Å². The molecule has 1 amide bonds. The van der Waals surface area contributed by atoms with Crippen LogP contribution in [0, 0.1) is 17.6 Å². The summed E-state index contributed by atoms with van der Waals surface area (Å²) in [6, 6.07) is 3.01. The van der Waals surface area contributed by atoms with Gasteiger partial charge < -0.3 is 15.3 Å². The topological polar surface area (TPSA) is 52.6 Å². The number of benzene rings is 1. The van der Waals surface area contributed by atoms with Crippen LogP contribution in [0.15, 0.2) is 18.2 Å². The van der Waals surface area contributed by atoms with Crippen molar-refractivity contribution in [2.24, 2.45) is 5.92 Å². The molecule has 0 aliphatic carbocycles. The first-order valence-corrected chi connectivity index (χ1v) is 7.44. The van der Waals surface area contributed by atoms with Crippen molar-refractivity contribution in [2.75, 3.05) is 26.7 Å². The Labute approximate surface area is 129 Å². The number of carbonyl (C=O) groups excluding carboxylic acids is 1. The van der Waals surface area contributed by atoms with Crippen LogP contribution in [-0.2, 0) is 10.4 Å². The number of carbonyl (C=O) groups is 1. The number of amides is 1. The van der Waals surface area contributed by atoms with E-state index in [2.05, 4.69) is 10.2 Å². The van der Waals surface area contributed by atoms with Gasteiger partial charge in [-0.2, -0.15) is 0 Å². The zero-order valence-corrected chi connectivity index (χ0v) is 12.9. The van der Waals surface area contributed by atoms with Crippen molar-refractivity contribution < 1.29 is 18.7 Å². The number of nitrogens with one attached hydrogen (secondary N) is 1. The van der Waals surface area contributed by atoms with E-state index in [0.29, 0.717) is 0 Å².